The standard InChI is InChI=1S/C22H28N4O/c1-25-12-5-8-18(15-25)22-23-14-19-16-26(13-11-20(19)24-22)21(27)10-9-17-6-3-2-4-7-17/h2-4,6-7,14,18H,5,8-13,15-16H2,1H3/t18-/m0/s1. The fraction of sp³-hybridized carbons (Fsp3) is 0.500. The third kappa shape index (κ3) is 4.35. The van der Waals surface area contributed by atoms with Gasteiger partial charge in [0.15, 0.2) is 0 Å². The van der Waals surface area contributed by atoms with Crippen molar-refractivity contribution in [3.05, 3.63) is 59.2 Å². The number of carbonyl (C=O) groups is 1. The summed E-state index contributed by atoms with van der Waals surface area (Å²) in [5.74, 6) is 1.66. The monoisotopic (exact) mass is 364 g/mol. The SMILES string of the molecule is CN1CCC[C@H](c2ncc3c(n2)CCN(C(=O)CCc2ccccc2)C3)C1. The summed E-state index contributed by atoms with van der Waals surface area (Å²) in [5.41, 5.74) is 3.47. The van der Waals surface area contributed by atoms with Crippen LogP contribution in [0.2, 0.25) is 0 Å². The molecular formula is C22H28N4O. The summed E-state index contributed by atoms with van der Waals surface area (Å²) in [6.45, 7) is 3.62. The summed E-state index contributed by atoms with van der Waals surface area (Å²) in [6.07, 6.45) is 6.55. The smallest absolute Gasteiger partial charge is 0.223 e. The number of fused-ring (bicyclic) bond motifs is 1. The van der Waals surface area contributed by atoms with E-state index in [1.54, 1.807) is 0 Å². The topological polar surface area (TPSA) is 49.3 Å². The van der Waals surface area contributed by atoms with Crippen LogP contribution in [-0.4, -0.2) is 52.4 Å². The number of aryl methyl sites for hydroxylation is 1. The molecule has 0 unspecified atom stereocenters. The molecule has 0 spiro atoms. The van der Waals surface area contributed by atoms with Gasteiger partial charge in [-0.05, 0) is 38.4 Å². The fourth-order valence-electron chi connectivity index (χ4n) is 4.17. The van der Waals surface area contributed by atoms with Gasteiger partial charge in [0.25, 0.3) is 0 Å². The van der Waals surface area contributed by atoms with Gasteiger partial charge in [0.1, 0.15) is 5.82 Å². The lowest BCUT2D eigenvalue weighted by atomic mass is 9.97. The second-order valence-electron chi connectivity index (χ2n) is 7.85. The van der Waals surface area contributed by atoms with E-state index in [2.05, 4.69) is 29.1 Å². The van der Waals surface area contributed by atoms with Crippen molar-refractivity contribution in [3.8, 4) is 0 Å². The molecule has 0 N–H and O–H groups in total. The van der Waals surface area contributed by atoms with Crippen LogP contribution in [0.3, 0.4) is 0 Å². The Balaban J connectivity index is 1.37. The molecule has 0 aliphatic carbocycles. The summed E-state index contributed by atoms with van der Waals surface area (Å²) in [5, 5.41) is 0. The maximum absolute atomic E-state index is 12.6. The van der Waals surface area contributed by atoms with Crippen molar-refractivity contribution in [3.63, 3.8) is 0 Å². The predicted octanol–water partition coefficient (Wildman–Crippen LogP) is 2.80. The Bertz CT molecular complexity index is 792. The van der Waals surface area contributed by atoms with Crippen LogP contribution in [-0.2, 0) is 24.2 Å². The van der Waals surface area contributed by atoms with E-state index in [1.165, 1.54) is 24.9 Å². The highest BCUT2D eigenvalue weighted by atomic mass is 16.2. The van der Waals surface area contributed by atoms with E-state index in [-0.39, 0.29) is 5.91 Å². The van der Waals surface area contributed by atoms with E-state index in [0.717, 1.165) is 43.0 Å². The Morgan fingerprint density at radius 3 is 2.89 bits per heavy atom. The molecule has 5 nitrogen and oxygen atoms in total. The van der Waals surface area contributed by atoms with Gasteiger partial charge in [-0.25, -0.2) is 9.97 Å². The zero-order valence-corrected chi connectivity index (χ0v) is 16.1. The Labute approximate surface area is 161 Å². The lowest BCUT2D eigenvalue weighted by Gasteiger charge is -2.31. The van der Waals surface area contributed by atoms with Gasteiger partial charge in [-0.3, -0.25) is 4.79 Å². The van der Waals surface area contributed by atoms with Gasteiger partial charge in [-0.1, -0.05) is 30.3 Å². The number of benzene rings is 1. The van der Waals surface area contributed by atoms with Gasteiger partial charge in [-0.15, -0.1) is 0 Å². The summed E-state index contributed by atoms with van der Waals surface area (Å²) in [7, 11) is 2.17. The van der Waals surface area contributed by atoms with Crippen LogP contribution >= 0.6 is 0 Å². The zero-order valence-electron chi connectivity index (χ0n) is 16.1. The average molecular weight is 364 g/mol. The molecule has 1 aromatic heterocycles. The van der Waals surface area contributed by atoms with Crippen molar-refractivity contribution in [1.29, 1.82) is 0 Å². The normalized spacial score (nSPS) is 20.3. The first-order valence-electron chi connectivity index (χ1n) is 10.0. The number of amides is 1. The van der Waals surface area contributed by atoms with Gasteiger partial charge < -0.3 is 9.80 Å². The molecule has 5 heteroatoms. The molecule has 1 amide bonds. The van der Waals surface area contributed by atoms with Crippen LogP contribution in [0, 0.1) is 0 Å². The molecule has 142 valence electrons. The molecule has 0 radical (unpaired) electrons. The number of piperidine rings is 1. The van der Waals surface area contributed by atoms with Crippen LogP contribution in [0.1, 0.15) is 47.8 Å². The molecular weight excluding hydrogens is 336 g/mol. The molecule has 1 saturated heterocycles. The van der Waals surface area contributed by atoms with E-state index in [9.17, 15) is 4.79 Å². The number of aromatic nitrogens is 2. The van der Waals surface area contributed by atoms with Gasteiger partial charge in [0.2, 0.25) is 5.91 Å². The molecule has 1 atom stereocenters. The van der Waals surface area contributed by atoms with Crippen molar-refractivity contribution in [2.24, 2.45) is 0 Å². The maximum atomic E-state index is 12.6. The molecule has 1 aromatic carbocycles. The van der Waals surface area contributed by atoms with Crippen molar-refractivity contribution in [2.45, 2.75) is 44.6 Å². The van der Waals surface area contributed by atoms with Crippen LogP contribution in [0.5, 0.6) is 0 Å². The molecule has 0 saturated carbocycles. The maximum Gasteiger partial charge on any atom is 0.223 e. The zero-order chi connectivity index (χ0) is 18.6. The Kier molecular flexibility index (Phi) is 5.48. The number of hydrogen-bond donors (Lipinski definition) is 0. The van der Waals surface area contributed by atoms with Gasteiger partial charge in [0, 0.05) is 50.2 Å². The highest BCUT2D eigenvalue weighted by Gasteiger charge is 2.25. The van der Waals surface area contributed by atoms with Gasteiger partial charge in [-0.2, -0.15) is 0 Å². The molecule has 2 aliphatic rings. The van der Waals surface area contributed by atoms with Crippen LogP contribution < -0.4 is 0 Å². The number of hydrogen-bond acceptors (Lipinski definition) is 4. The number of carbonyl (C=O) groups excluding carboxylic acids is 1. The highest BCUT2D eigenvalue weighted by Crippen LogP contribution is 2.25. The van der Waals surface area contributed by atoms with E-state index < -0.39 is 0 Å². The lowest BCUT2D eigenvalue weighted by Crippen LogP contribution is -2.37. The second kappa shape index (κ2) is 8.17. The number of nitrogens with zero attached hydrogens (tertiary/aromatic N) is 4. The Morgan fingerprint density at radius 1 is 1.22 bits per heavy atom. The molecule has 0 bridgehead atoms. The molecule has 4 rings (SSSR count). The summed E-state index contributed by atoms with van der Waals surface area (Å²) in [6, 6.07) is 10.2. The number of likely N-dealkylation sites (N-methyl/N-ethyl adjacent to an activating group) is 1. The third-order valence-electron chi connectivity index (χ3n) is 5.77. The summed E-state index contributed by atoms with van der Waals surface area (Å²) < 4.78 is 0. The van der Waals surface area contributed by atoms with Crippen molar-refractivity contribution in [2.75, 3.05) is 26.7 Å². The molecule has 3 heterocycles. The molecule has 2 aliphatic heterocycles. The van der Waals surface area contributed by atoms with Crippen molar-refractivity contribution in [1.82, 2.24) is 19.8 Å². The Morgan fingerprint density at radius 2 is 2.07 bits per heavy atom. The minimum Gasteiger partial charge on any atom is -0.338 e. The third-order valence-corrected chi connectivity index (χ3v) is 5.77. The number of rotatable bonds is 4. The van der Waals surface area contributed by atoms with E-state index in [1.807, 2.05) is 29.3 Å². The number of likely N-dealkylation sites (tertiary alicyclic amines) is 1. The second-order valence-corrected chi connectivity index (χ2v) is 7.85. The quantitative estimate of drug-likeness (QED) is 0.837. The van der Waals surface area contributed by atoms with E-state index >= 15 is 0 Å². The molecule has 2 aromatic rings. The average Bonchev–Trinajstić information content (AvgIpc) is 2.72. The van der Waals surface area contributed by atoms with Crippen molar-refractivity contribution >= 4 is 5.91 Å². The largest absolute Gasteiger partial charge is 0.338 e. The van der Waals surface area contributed by atoms with Gasteiger partial charge in [0.05, 0.1) is 5.69 Å². The fourth-order valence-corrected chi connectivity index (χ4v) is 4.17. The first kappa shape index (κ1) is 18.1. The van der Waals surface area contributed by atoms with Crippen molar-refractivity contribution < 1.29 is 4.79 Å². The van der Waals surface area contributed by atoms with Crippen LogP contribution in [0.15, 0.2) is 36.5 Å². The first-order valence-corrected chi connectivity index (χ1v) is 10.0. The molecule has 1 fully saturated rings. The van der Waals surface area contributed by atoms with E-state index in [4.69, 9.17) is 4.98 Å². The van der Waals surface area contributed by atoms with Gasteiger partial charge >= 0.3 is 0 Å². The predicted molar refractivity (Wildman–Crippen MR) is 105 cm³/mol. The summed E-state index contributed by atoms with van der Waals surface area (Å²) >= 11 is 0. The minimum atomic E-state index is 0.225. The van der Waals surface area contributed by atoms with E-state index in [0.29, 0.717) is 18.9 Å². The molecule has 27 heavy (non-hydrogen) atoms. The first-order chi connectivity index (χ1) is 13.2. The van der Waals surface area contributed by atoms with Crippen LogP contribution in [0.25, 0.3) is 0 Å². The summed E-state index contributed by atoms with van der Waals surface area (Å²) in [4.78, 5) is 26.5. The van der Waals surface area contributed by atoms with Crippen LogP contribution in [0.4, 0.5) is 0 Å². The lowest BCUT2D eigenvalue weighted by molar-refractivity contribution is -0.132. The minimum absolute atomic E-state index is 0.225. The highest BCUT2D eigenvalue weighted by molar-refractivity contribution is 5.76. The Hall–Kier alpha value is -2.27.